The molecular formula is C15H23FN2O3. The van der Waals surface area contributed by atoms with E-state index in [1.165, 1.54) is 12.1 Å². The number of amides is 2. The average Bonchev–Trinajstić information content (AvgIpc) is 2.49. The van der Waals surface area contributed by atoms with Gasteiger partial charge in [-0.3, -0.25) is 0 Å². The number of urea groups is 1. The Morgan fingerprint density at radius 3 is 2.24 bits per heavy atom. The van der Waals surface area contributed by atoms with Gasteiger partial charge in [-0.2, -0.15) is 0 Å². The molecule has 0 aliphatic rings. The number of benzene rings is 1. The Labute approximate surface area is 125 Å². The van der Waals surface area contributed by atoms with Gasteiger partial charge >= 0.3 is 6.03 Å². The molecule has 5 nitrogen and oxygen atoms in total. The molecule has 0 aliphatic heterocycles. The molecule has 6 heteroatoms. The predicted molar refractivity (Wildman–Crippen MR) is 78.8 cm³/mol. The number of nitrogens with zero attached hydrogens (tertiary/aromatic N) is 1. The first-order valence-electron chi connectivity index (χ1n) is 6.92. The van der Waals surface area contributed by atoms with Crippen LogP contribution in [0.2, 0.25) is 0 Å². The van der Waals surface area contributed by atoms with E-state index in [1.54, 1.807) is 31.3 Å². The maximum atomic E-state index is 12.8. The van der Waals surface area contributed by atoms with Crippen molar-refractivity contribution >= 4 is 6.03 Å². The van der Waals surface area contributed by atoms with Crippen LogP contribution in [0.5, 0.6) is 0 Å². The molecule has 0 saturated carbocycles. The molecule has 1 aromatic rings. The molecule has 0 aliphatic carbocycles. The van der Waals surface area contributed by atoms with Gasteiger partial charge in [0.25, 0.3) is 0 Å². The third-order valence-electron chi connectivity index (χ3n) is 3.02. The van der Waals surface area contributed by atoms with Crippen molar-refractivity contribution < 1.29 is 18.7 Å². The van der Waals surface area contributed by atoms with E-state index < -0.39 is 0 Å². The molecule has 0 atom stereocenters. The number of nitrogens with one attached hydrogen (secondary N) is 1. The van der Waals surface area contributed by atoms with E-state index in [9.17, 15) is 9.18 Å². The lowest BCUT2D eigenvalue weighted by atomic mass is 10.1. The lowest BCUT2D eigenvalue weighted by Gasteiger charge is -2.22. The van der Waals surface area contributed by atoms with Crippen molar-refractivity contribution in [2.45, 2.75) is 6.42 Å². The van der Waals surface area contributed by atoms with Crippen molar-refractivity contribution in [3.8, 4) is 0 Å². The van der Waals surface area contributed by atoms with Crippen LogP contribution >= 0.6 is 0 Å². The van der Waals surface area contributed by atoms with E-state index in [0.29, 0.717) is 39.3 Å². The van der Waals surface area contributed by atoms with E-state index in [4.69, 9.17) is 9.47 Å². The summed E-state index contributed by atoms with van der Waals surface area (Å²) < 4.78 is 22.8. The Kier molecular flexibility index (Phi) is 8.38. The maximum absolute atomic E-state index is 12.8. The van der Waals surface area contributed by atoms with E-state index in [1.807, 2.05) is 0 Å². The fraction of sp³-hybridized carbons (Fsp3) is 0.533. The lowest BCUT2D eigenvalue weighted by molar-refractivity contribution is 0.122. The third-order valence-corrected chi connectivity index (χ3v) is 3.02. The van der Waals surface area contributed by atoms with Crippen LogP contribution in [0.1, 0.15) is 5.56 Å². The molecular weight excluding hydrogens is 275 g/mol. The Bertz CT molecular complexity index is 404. The van der Waals surface area contributed by atoms with Crippen LogP contribution in [0.15, 0.2) is 24.3 Å². The zero-order valence-electron chi connectivity index (χ0n) is 12.6. The molecule has 1 N–H and O–H groups in total. The summed E-state index contributed by atoms with van der Waals surface area (Å²) in [5.41, 5.74) is 0.983. The second-order valence-electron chi connectivity index (χ2n) is 4.58. The zero-order valence-corrected chi connectivity index (χ0v) is 12.6. The largest absolute Gasteiger partial charge is 0.383 e. The van der Waals surface area contributed by atoms with Gasteiger partial charge in [0.1, 0.15) is 5.82 Å². The summed E-state index contributed by atoms with van der Waals surface area (Å²) in [6.07, 6.45) is 0.661. The summed E-state index contributed by atoms with van der Waals surface area (Å²) in [6, 6.07) is 6.12. The molecule has 0 aromatic heterocycles. The van der Waals surface area contributed by atoms with E-state index in [0.717, 1.165) is 5.56 Å². The fourth-order valence-corrected chi connectivity index (χ4v) is 1.79. The Morgan fingerprint density at radius 2 is 1.71 bits per heavy atom. The van der Waals surface area contributed by atoms with Crippen molar-refractivity contribution in [1.82, 2.24) is 10.2 Å². The minimum atomic E-state index is -0.256. The standard InChI is InChI=1S/C15H23FN2O3/c1-20-11-9-18(10-12-21-2)15(19)17-8-7-13-3-5-14(16)6-4-13/h3-6H,7-12H2,1-2H3,(H,17,19). The molecule has 0 unspecified atom stereocenters. The number of carbonyl (C=O) groups is 1. The van der Waals surface area contributed by atoms with Gasteiger partial charge in [-0.15, -0.1) is 0 Å². The minimum Gasteiger partial charge on any atom is -0.383 e. The van der Waals surface area contributed by atoms with Crippen LogP contribution in [0.25, 0.3) is 0 Å². The summed E-state index contributed by atoms with van der Waals surface area (Å²) in [4.78, 5) is 13.7. The number of halogens is 1. The first-order valence-corrected chi connectivity index (χ1v) is 6.92. The fourth-order valence-electron chi connectivity index (χ4n) is 1.79. The summed E-state index contributed by atoms with van der Waals surface area (Å²) >= 11 is 0. The van der Waals surface area contributed by atoms with Gasteiger partial charge in [-0.25, -0.2) is 9.18 Å². The summed E-state index contributed by atoms with van der Waals surface area (Å²) in [5, 5.41) is 2.85. The number of hydrogen-bond acceptors (Lipinski definition) is 3. The molecule has 118 valence electrons. The molecule has 0 radical (unpaired) electrons. The van der Waals surface area contributed by atoms with Crippen molar-refractivity contribution in [2.75, 3.05) is 47.1 Å². The highest BCUT2D eigenvalue weighted by Crippen LogP contribution is 2.03. The quantitative estimate of drug-likeness (QED) is 0.754. The number of methoxy groups -OCH3 is 2. The molecule has 0 spiro atoms. The molecule has 0 heterocycles. The molecule has 0 fully saturated rings. The van der Waals surface area contributed by atoms with E-state index in [-0.39, 0.29) is 11.8 Å². The number of rotatable bonds is 9. The van der Waals surface area contributed by atoms with Crippen molar-refractivity contribution in [1.29, 1.82) is 0 Å². The van der Waals surface area contributed by atoms with E-state index >= 15 is 0 Å². The first kappa shape index (κ1) is 17.4. The molecule has 1 rings (SSSR count). The summed E-state index contributed by atoms with van der Waals surface area (Å²) in [7, 11) is 3.20. The molecule has 1 aromatic carbocycles. The summed E-state index contributed by atoms with van der Waals surface area (Å²) in [6.45, 7) is 2.50. The highest BCUT2D eigenvalue weighted by atomic mass is 19.1. The predicted octanol–water partition coefficient (Wildman–Crippen LogP) is 1.67. The monoisotopic (exact) mass is 298 g/mol. The molecule has 21 heavy (non-hydrogen) atoms. The van der Waals surface area contributed by atoms with Crippen molar-refractivity contribution in [2.24, 2.45) is 0 Å². The third kappa shape index (κ3) is 7.06. The van der Waals surface area contributed by atoms with Crippen LogP contribution in [-0.2, 0) is 15.9 Å². The molecule has 2 amide bonds. The van der Waals surface area contributed by atoms with Gasteiger partial charge < -0.3 is 19.7 Å². The van der Waals surface area contributed by atoms with Crippen LogP contribution in [0.3, 0.4) is 0 Å². The zero-order chi connectivity index (χ0) is 15.5. The first-order chi connectivity index (χ1) is 10.2. The van der Waals surface area contributed by atoms with Crippen LogP contribution < -0.4 is 5.32 Å². The Morgan fingerprint density at radius 1 is 1.14 bits per heavy atom. The normalized spacial score (nSPS) is 10.4. The van der Waals surface area contributed by atoms with Gasteiger partial charge in [0.05, 0.1) is 13.2 Å². The van der Waals surface area contributed by atoms with Gasteiger partial charge in [-0.1, -0.05) is 12.1 Å². The number of hydrogen-bond donors (Lipinski definition) is 1. The average molecular weight is 298 g/mol. The molecule has 0 bridgehead atoms. The highest BCUT2D eigenvalue weighted by Gasteiger charge is 2.12. The smallest absolute Gasteiger partial charge is 0.317 e. The van der Waals surface area contributed by atoms with Crippen LogP contribution in [-0.4, -0.2) is 58.0 Å². The second-order valence-corrected chi connectivity index (χ2v) is 4.58. The van der Waals surface area contributed by atoms with Crippen LogP contribution in [0, 0.1) is 5.82 Å². The number of ether oxygens (including phenoxy) is 2. The second kappa shape index (κ2) is 10.1. The van der Waals surface area contributed by atoms with Crippen molar-refractivity contribution in [3.63, 3.8) is 0 Å². The lowest BCUT2D eigenvalue weighted by Crippen LogP contribution is -2.43. The minimum absolute atomic E-state index is 0.147. The maximum Gasteiger partial charge on any atom is 0.317 e. The van der Waals surface area contributed by atoms with Crippen LogP contribution in [0.4, 0.5) is 9.18 Å². The SMILES string of the molecule is COCCN(CCOC)C(=O)NCCc1ccc(F)cc1. The Hall–Kier alpha value is -1.66. The highest BCUT2D eigenvalue weighted by molar-refractivity contribution is 5.74. The number of carbonyl (C=O) groups excluding carboxylic acids is 1. The van der Waals surface area contributed by atoms with Gasteiger partial charge in [-0.05, 0) is 24.1 Å². The Balaban J connectivity index is 2.35. The molecule has 0 saturated heterocycles. The van der Waals surface area contributed by atoms with Gasteiger partial charge in [0.2, 0.25) is 0 Å². The summed E-state index contributed by atoms with van der Waals surface area (Å²) in [5.74, 6) is -0.256. The van der Waals surface area contributed by atoms with Gasteiger partial charge in [0.15, 0.2) is 0 Å². The van der Waals surface area contributed by atoms with Crippen molar-refractivity contribution in [3.05, 3.63) is 35.6 Å². The topological polar surface area (TPSA) is 50.8 Å². The van der Waals surface area contributed by atoms with Gasteiger partial charge in [0, 0.05) is 33.9 Å². The van der Waals surface area contributed by atoms with E-state index in [2.05, 4.69) is 5.32 Å².